The van der Waals surface area contributed by atoms with Crippen LogP contribution in [0.4, 0.5) is 5.69 Å². The van der Waals surface area contributed by atoms with E-state index in [2.05, 4.69) is 5.32 Å². The molecule has 0 radical (unpaired) electrons. The standard InChI is InChI=1S/C21H27NO10/c1-31-20(29)13-3-2-11(24)7-14(13)22-8-10-6-12(25)4-5-21(10,30)19-18(28)17(27)16(26)15(9-23)32-19/h2-7,10,15-19,22-28,30H,8-9H2,1H3/t10?,15-,16-,17+,18-,19-,21?/m1/s1. The van der Waals surface area contributed by atoms with Gasteiger partial charge in [-0.05, 0) is 30.4 Å². The van der Waals surface area contributed by atoms with E-state index in [0.717, 1.165) is 0 Å². The van der Waals surface area contributed by atoms with Crippen molar-refractivity contribution in [1.29, 1.82) is 0 Å². The number of aliphatic hydroxyl groups is 6. The third-order valence-electron chi connectivity index (χ3n) is 5.76. The summed E-state index contributed by atoms with van der Waals surface area (Å²) in [4.78, 5) is 12.0. The number of phenolic OH excluding ortho intramolecular Hbond substituents is 1. The molecule has 3 rings (SSSR count). The zero-order valence-corrected chi connectivity index (χ0v) is 17.2. The predicted octanol–water partition coefficient (Wildman–Crippen LogP) is -1.21. The van der Waals surface area contributed by atoms with Crippen LogP contribution >= 0.6 is 0 Å². The minimum Gasteiger partial charge on any atom is -0.508 e. The molecular formula is C21H27NO10. The quantitative estimate of drug-likeness (QED) is 0.241. The van der Waals surface area contributed by atoms with Gasteiger partial charge >= 0.3 is 5.97 Å². The van der Waals surface area contributed by atoms with Crippen LogP contribution in [0.15, 0.2) is 42.2 Å². The molecule has 1 fully saturated rings. The first-order valence-electron chi connectivity index (χ1n) is 9.90. The average molecular weight is 453 g/mol. The molecule has 0 saturated carbocycles. The van der Waals surface area contributed by atoms with E-state index in [-0.39, 0.29) is 29.3 Å². The predicted molar refractivity (Wildman–Crippen MR) is 110 cm³/mol. The van der Waals surface area contributed by atoms with Crippen LogP contribution in [-0.2, 0) is 9.47 Å². The Morgan fingerprint density at radius 3 is 2.56 bits per heavy atom. The van der Waals surface area contributed by atoms with Crippen molar-refractivity contribution in [2.75, 3.05) is 25.6 Å². The molecule has 1 aromatic rings. The van der Waals surface area contributed by atoms with Crippen LogP contribution in [0, 0.1) is 5.92 Å². The number of aliphatic hydroxyl groups excluding tert-OH is 5. The lowest BCUT2D eigenvalue weighted by Gasteiger charge is -2.48. The van der Waals surface area contributed by atoms with Gasteiger partial charge in [-0.1, -0.05) is 0 Å². The number of esters is 1. The Kier molecular flexibility index (Phi) is 7.08. The molecule has 176 valence electrons. The van der Waals surface area contributed by atoms with Gasteiger partial charge in [-0.2, -0.15) is 0 Å². The summed E-state index contributed by atoms with van der Waals surface area (Å²) in [5, 5.41) is 74.2. The summed E-state index contributed by atoms with van der Waals surface area (Å²) >= 11 is 0. The Hall–Kier alpha value is -2.67. The van der Waals surface area contributed by atoms with Crippen molar-refractivity contribution in [3.05, 3.63) is 47.7 Å². The van der Waals surface area contributed by atoms with Crippen LogP contribution in [0.25, 0.3) is 0 Å². The molecule has 32 heavy (non-hydrogen) atoms. The van der Waals surface area contributed by atoms with Gasteiger partial charge in [-0.15, -0.1) is 0 Å². The van der Waals surface area contributed by atoms with Crippen molar-refractivity contribution in [3.8, 4) is 5.75 Å². The molecule has 7 atom stereocenters. The topological polar surface area (TPSA) is 189 Å². The fourth-order valence-corrected chi connectivity index (χ4v) is 3.94. The van der Waals surface area contributed by atoms with E-state index in [1.165, 1.54) is 43.5 Å². The number of rotatable bonds is 6. The van der Waals surface area contributed by atoms with E-state index in [9.17, 15) is 40.5 Å². The third-order valence-corrected chi connectivity index (χ3v) is 5.76. The molecule has 0 amide bonds. The highest BCUT2D eigenvalue weighted by atomic mass is 16.6. The summed E-state index contributed by atoms with van der Waals surface area (Å²) < 4.78 is 10.2. The van der Waals surface area contributed by atoms with Crippen molar-refractivity contribution in [3.63, 3.8) is 0 Å². The first-order chi connectivity index (χ1) is 15.1. The molecule has 11 heteroatoms. The van der Waals surface area contributed by atoms with Gasteiger partial charge in [0.25, 0.3) is 0 Å². The van der Waals surface area contributed by atoms with Gasteiger partial charge < -0.3 is 50.5 Å². The molecule has 2 unspecified atom stereocenters. The number of carbonyl (C=O) groups excluding carboxylic acids is 1. The highest BCUT2D eigenvalue weighted by Gasteiger charge is 2.54. The maximum Gasteiger partial charge on any atom is 0.339 e. The number of hydrogen-bond donors (Lipinski definition) is 8. The van der Waals surface area contributed by atoms with Crippen LogP contribution in [0.1, 0.15) is 10.4 Å². The Morgan fingerprint density at radius 1 is 1.19 bits per heavy atom. The lowest BCUT2D eigenvalue weighted by Crippen LogP contribution is -2.67. The Morgan fingerprint density at radius 2 is 1.91 bits per heavy atom. The number of aromatic hydroxyl groups is 1. The van der Waals surface area contributed by atoms with E-state index in [4.69, 9.17) is 9.47 Å². The van der Waals surface area contributed by atoms with Gasteiger partial charge in [-0.3, -0.25) is 0 Å². The number of carbonyl (C=O) groups is 1. The monoisotopic (exact) mass is 453 g/mol. The summed E-state index contributed by atoms with van der Waals surface area (Å²) in [7, 11) is 1.20. The van der Waals surface area contributed by atoms with Crippen LogP contribution in [0.5, 0.6) is 5.75 Å². The largest absolute Gasteiger partial charge is 0.508 e. The molecule has 1 aromatic carbocycles. The van der Waals surface area contributed by atoms with Crippen molar-refractivity contribution in [2.24, 2.45) is 5.92 Å². The van der Waals surface area contributed by atoms with Crippen LogP contribution in [0.2, 0.25) is 0 Å². The van der Waals surface area contributed by atoms with Crippen molar-refractivity contribution in [1.82, 2.24) is 0 Å². The van der Waals surface area contributed by atoms with Gasteiger partial charge in [0.05, 0.1) is 25.0 Å². The van der Waals surface area contributed by atoms with Gasteiger partial charge in [0.2, 0.25) is 0 Å². The molecule has 2 aliphatic rings. The fourth-order valence-electron chi connectivity index (χ4n) is 3.94. The number of nitrogens with one attached hydrogen (secondary N) is 1. The van der Waals surface area contributed by atoms with Gasteiger partial charge in [0, 0.05) is 18.5 Å². The van der Waals surface area contributed by atoms with Crippen molar-refractivity contribution in [2.45, 2.75) is 36.1 Å². The highest BCUT2D eigenvalue weighted by molar-refractivity contribution is 5.95. The molecule has 1 aliphatic carbocycles. The summed E-state index contributed by atoms with van der Waals surface area (Å²) in [6, 6.07) is 3.93. The molecule has 11 nitrogen and oxygen atoms in total. The number of phenols is 1. The molecule has 0 aromatic heterocycles. The molecule has 0 spiro atoms. The van der Waals surface area contributed by atoms with Crippen molar-refractivity contribution >= 4 is 11.7 Å². The normalized spacial score (nSPS) is 34.6. The maximum absolute atomic E-state index is 12.0. The summed E-state index contributed by atoms with van der Waals surface area (Å²) in [6.07, 6.45) is -4.07. The smallest absolute Gasteiger partial charge is 0.339 e. The first-order valence-corrected chi connectivity index (χ1v) is 9.90. The minimum absolute atomic E-state index is 0.112. The van der Waals surface area contributed by atoms with Crippen LogP contribution in [0.3, 0.4) is 0 Å². The molecule has 1 saturated heterocycles. The van der Waals surface area contributed by atoms with E-state index < -0.39 is 54.6 Å². The second kappa shape index (κ2) is 9.45. The lowest BCUT2D eigenvalue weighted by atomic mass is 9.74. The van der Waals surface area contributed by atoms with Gasteiger partial charge in [0.15, 0.2) is 0 Å². The number of hydrogen-bond acceptors (Lipinski definition) is 11. The molecule has 0 bridgehead atoms. The zero-order valence-electron chi connectivity index (χ0n) is 17.2. The Balaban J connectivity index is 1.89. The Labute approximate surface area is 183 Å². The third kappa shape index (κ3) is 4.44. The number of anilines is 1. The summed E-state index contributed by atoms with van der Waals surface area (Å²) in [6.45, 7) is -0.787. The van der Waals surface area contributed by atoms with Gasteiger partial charge in [0.1, 0.15) is 47.6 Å². The summed E-state index contributed by atoms with van der Waals surface area (Å²) in [5.74, 6) is -1.96. The average Bonchev–Trinajstić information content (AvgIpc) is 2.78. The molecule has 1 aliphatic heterocycles. The number of ether oxygens (including phenoxy) is 2. The van der Waals surface area contributed by atoms with Gasteiger partial charge in [-0.25, -0.2) is 4.79 Å². The van der Waals surface area contributed by atoms with E-state index in [1.807, 2.05) is 0 Å². The Bertz CT molecular complexity index is 901. The van der Waals surface area contributed by atoms with Crippen LogP contribution < -0.4 is 5.32 Å². The maximum atomic E-state index is 12.0. The zero-order chi connectivity index (χ0) is 23.6. The second-order valence-corrected chi connectivity index (χ2v) is 7.77. The van der Waals surface area contributed by atoms with E-state index in [1.54, 1.807) is 0 Å². The molecule has 1 heterocycles. The SMILES string of the molecule is COC(=O)c1ccc(O)cc1NCC1C=C(O)C=CC1(O)[C@@H]1O[C@H](CO)[C@@H](O)[C@H](O)[C@H]1O. The minimum atomic E-state index is -1.99. The number of benzene rings is 1. The summed E-state index contributed by atoms with van der Waals surface area (Å²) in [5.41, 5.74) is -1.69. The molecular weight excluding hydrogens is 426 g/mol. The molecule has 8 N–H and O–H groups in total. The lowest BCUT2D eigenvalue weighted by molar-refractivity contribution is -0.266. The highest BCUT2D eigenvalue weighted by Crippen LogP contribution is 2.38. The van der Waals surface area contributed by atoms with Crippen molar-refractivity contribution < 1.29 is 50.0 Å². The number of allylic oxidation sites excluding steroid dienone is 1. The second-order valence-electron chi connectivity index (χ2n) is 7.77. The first kappa shape index (κ1) is 24.0. The fraction of sp³-hybridized carbons (Fsp3) is 0.476. The van der Waals surface area contributed by atoms with Crippen LogP contribution in [-0.4, -0.2) is 98.1 Å². The number of methoxy groups -OCH3 is 1. The van der Waals surface area contributed by atoms with E-state index in [0.29, 0.717) is 0 Å². The van der Waals surface area contributed by atoms with E-state index >= 15 is 0 Å².